The van der Waals surface area contributed by atoms with Crippen LogP contribution in [-0.2, 0) is 4.79 Å². The Kier molecular flexibility index (Phi) is 5.55. The molecule has 4 rings (SSSR count). The van der Waals surface area contributed by atoms with Crippen LogP contribution in [0.2, 0.25) is 5.02 Å². The third kappa shape index (κ3) is 4.29. The van der Waals surface area contributed by atoms with Gasteiger partial charge in [-0.25, -0.2) is 9.67 Å². The molecule has 1 amide bonds. The number of halogens is 1. The number of carbonyl (C=O) groups excluding carboxylic acids is 1. The summed E-state index contributed by atoms with van der Waals surface area (Å²) in [5.74, 6) is -0.166. The van der Waals surface area contributed by atoms with E-state index < -0.39 is 0 Å². The van der Waals surface area contributed by atoms with Gasteiger partial charge in [-0.3, -0.25) is 4.79 Å². The summed E-state index contributed by atoms with van der Waals surface area (Å²) in [5.41, 5.74) is 2.43. The van der Waals surface area contributed by atoms with E-state index >= 15 is 0 Å². The van der Waals surface area contributed by atoms with E-state index in [1.165, 1.54) is 17.1 Å². The summed E-state index contributed by atoms with van der Waals surface area (Å²) < 4.78 is 1.58. The van der Waals surface area contributed by atoms with Crippen LogP contribution in [0.3, 0.4) is 0 Å². The fourth-order valence-corrected chi connectivity index (χ4v) is 3.49. The van der Waals surface area contributed by atoms with Crippen LogP contribution in [0, 0.1) is 0 Å². The maximum Gasteiger partial charge on any atom is 0.238 e. The first-order chi connectivity index (χ1) is 14.1. The number of benzene rings is 3. The van der Waals surface area contributed by atoms with E-state index in [9.17, 15) is 4.79 Å². The summed E-state index contributed by atoms with van der Waals surface area (Å²) in [5, 5.41) is 13.2. The standard InChI is InChI=1S/C22H20ClN5O/c1-15(18-8-4-6-16-5-2-3-7-19(16)18)25-12-22(29)27-20-11-17(23)9-10-21(20)28-14-24-13-26-28/h2-11,13-15,25H,12H2,1H3,(H,27,29)/t15-/m0/s1. The number of nitrogens with one attached hydrogen (secondary N) is 2. The van der Waals surface area contributed by atoms with Crippen molar-refractivity contribution in [2.24, 2.45) is 0 Å². The van der Waals surface area contributed by atoms with Gasteiger partial charge >= 0.3 is 0 Å². The third-order valence-corrected chi connectivity index (χ3v) is 4.99. The van der Waals surface area contributed by atoms with E-state index in [4.69, 9.17) is 11.6 Å². The molecule has 0 bridgehead atoms. The van der Waals surface area contributed by atoms with Gasteiger partial charge in [-0.1, -0.05) is 54.1 Å². The maximum atomic E-state index is 12.6. The van der Waals surface area contributed by atoms with Gasteiger partial charge < -0.3 is 10.6 Å². The highest BCUT2D eigenvalue weighted by Gasteiger charge is 2.13. The zero-order valence-corrected chi connectivity index (χ0v) is 16.6. The van der Waals surface area contributed by atoms with E-state index in [1.807, 2.05) is 18.2 Å². The lowest BCUT2D eigenvalue weighted by atomic mass is 10.00. The van der Waals surface area contributed by atoms with Crippen LogP contribution in [0.5, 0.6) is 0 Å². The van der Waals surface area contributed by atoms with Gasteiger partial charge in [0.2, 0.25) is 5.91 Å². The third-order valence-electron chi connectivity index (χ3n) is 4.76. The normalized spacial score (nSPS) is 12.1. The van der Waals surface area contributed by atoms with Crippen LogP contribution in [-0.4, -0.2) is 27.2 Å². The molecule has 0 saturated carbocycles. The molecule has 2 N–H and O–H groups in total. The molecule has 7 heteroatoms. The number of amides is 1. The predicted octanol–water partition coefficient (Wildman–Crippen LogP) is 4.36. The topological polar surface area (TPSA) is 71.8 Å². The van der Waals surface area contributed by atoms with Crippen LogP contribution in [0.1, 0.15) is 18.5 Å². The van der Waals surface area contributed by atoms with Crippen molar-refractivity contribution in [2.75, 3.05) is 11.9 Å². The van der Waals surface area contributed by atoms with Gasteiger partial charge in [-0.15, -0.1) is 0 Å². The SMILES string of the molecule is C[C@H](NCC(=O)Nc1cc(Cl)ccc1-n1cncn1)c1cccc2ccccc12. The molecule has 29 heavy (non-hydrogen) atoms. The predicted molar refractivity (Wildman–Crippen MR) is 115 cm³/mol. The van der Waals surface area contributed by atoms with Crippen LogP contribution < -0.4 is 10.6 Å². The van der Waals surface area contributed by atoms with Crippen LogP contribution in [0.4, 0.5) is 5.69 Å². The molecule has 1 atom stereocenters. The summed E-state index contributed by atoms with van der Waals surface area (Å²) in [4.78, 5) is 16.5. The largest absolute Gasteiger partial charge is 0.323 e. The second kappa shape index (κ2) is 8.43. The number of fused-ring (bicyclic) bond motifs is 1. The highest BCUT2D eigenvalue weighted by atomic mass is 35.5. The minimum Gasteiger partial charge on any atom is -0.323 e. The van der Waals surface area contributed by atoms with Gasteiger partial charge in [-0.05, 0) is 41.5 Å². The summed E-state index contributed by atoms with van der Waals surface area (Å²) >= 11 is 6.11. The highest BCUT2D eigenvalue weighted by molar-refractivity contribution is 6.31. The highest BCUT2D eigenvalue weighted by Crippen LogP contribution is 2.25. The molecule has 1 aromatic heterocycles. The zero-order chi connectivity index (χ0) is 20.2. The lowest BCUT2D eigenvalue weighted by molar-refractivity contribution is -0.115. The van der Waals surface area contributed by atoms with Gasteiger partial charge in [0.15, 0.2) is 0 Å². The van der Waals surface area contributed by atoms with Crippen molar-refractivity contribution in [3.8, 4) is 5.69 Å². The average molecular weight is 406 g/mol. The van der Waals surface area contributed by atoms with Gasteiger partial charge in [0.05, 0.1) is 17.9 Å². The summed E-state index contributed by atoms with van der Waals surface area (Å²) in [6.45, 7) is 2.21. The van der Waals surface area contributed by atoms with Crippen molar-refractivity contribution in [3.63, 3.8) is 0 Å². The number of nitrogens with zero attached hydrogens (tertiary/aromatic N) is 3. The van der Waals surface area contributed by atoms with Crippen molar-refractivity contribution < 1.29 is 4.79 Å². The smallest absolute Gasteiger partial charge is 0.238 e. The molecule has 0 aliphatic heterocycles. The van der Waals surface area contributed by atoms with Crippen LogP contribution in [0.15, 0.2) is 73.3 Å². The molecule has 0 aliphatic rings. The lowest BCUT2D eigenvalue weighted by Crippen LogP contribution is -2.30. The Morgan fingerprint density at radius 1 is 1.14 bits per heavy atom. The number of hydrogen-bond donors (Lipinski definition) is 2. The molecular weight excluding hydrogens is 386 g/mol. The Bertz CT molecular complexity index is 1140. The number of hydrogen-bond acceptors (Lipinski definition) is 4. The second-order valence-corrected chi connectivity index (χ2v) is 7.16. The van der Waals surface area contributed by atoms with Crippen molar-refractivity contribution in [2.45, 2.75) is 13.0 Å². The minimum atomic E-state index is -0.166. The maximum absolute atomic E-state index is 12.6. The summed E-state index contributed by atoms with van der Waals surface area (Å²) in [6.07, 6.45) is 3.01. The zero-order valence-electron chi connectivity index (χ0n) is 15.8. The van der Waals surface area contributed by atoms with Crippen LogP contribution in [0.25, 0.3) is 16.5 Å². The number of aromatic nitrogens is 3. The van der Waals surface area contributed by atoms with E-state index in [1.54, 1.807) is 29.2 Å². The van der Waals surface area contributed by atoms with E-state index in [0.29, 0.717) is 16.4 Å². The van der Waals surface area contributed by atoms with Gasteiger partial charge in [0.1, 0.15) is 12.7 Å². The van der Waals surface area contributed by atoms with E-state index in [-0.39, 0.29) is 18.5 Å². The quantitative estimate of drug-likeness (QED) is 0.500. The monoisotopic (exact) mass is 405 g/mol. The van der Waals surface area contributed by atoms with Crippen LogP contribution >= 0.6 is 11.6 Å². The molecule has 0 spiro atoms. The molecule has 0 aliphatic carbocycles. The molecule has 0 fully saturated rings. The molecule has 6 nitrogen and oxygen atoms in total. The van der Waals surface area contributed by atoms with Crippen molar-refractivity contribution >= 4 is 34.0 Å². The molecule has 0 saturated heterocycles. The van der Waals surface area contributed by atoms with E-state index in [0.717, 1.165) is 5.56 Å². The molecule has 146 valence electrons. The fourth-order valence-electron chi connectivity index (χ4n) is 3.32. The molecule has 0 unspecified atom stereocenters. The van der Waals surface area contributed by atoms with E-state index in [2.05, 4.69) is 51.9 Å². The van der Waals surface area contributed by atoms with Gasteiger partial charge in [-0.2, -0.15) is 5.10 Å². The Morgan fingerprint density at radius 2 is 1.97 bits per heavy atom. The van der Waals surface area contributed by atoms with Gasteiger partial charge in [0.25, 0.3) is 0 Å². The Labute approximate surface area is 173 Å². The molecule has 0 radical (unpaired) electrons. The average Bonchev–Trinajstić information content (AvgIpc) is 3.26. The second-order valence-electron chi connectivity index (χ2n) is 6.72. The first-order valence-corrected chi connectivity index (χ1v) is 9.65. The molecule has 4 aromatic rings. The number of anilines is 1. The number of rotatable bonds is 6. The molecule has 3 aromatic carbocycles. The fraction of sp³-hybridized carbons (Fsp3) is 0.136. The first kappa shape index (κ1) is 19.1. The van der Waals surface area contributed by atoms with Crippen molar-refractivity contribution in [1.29, 1.82) is 0 Å². The Hall–Kier alpha value is -3.22. The first-order valence-electron chi connectivity index (χ1n) is 9.27. The molecule has 1 heterocycles. The summed E-state index contributed by atoms with van der Waals surface area (Å²) in [7, 11) is 0. The minimum absolute atomic E-state index is 0.0148. The Morgan fingerprint density at radius 3 is 2.79 bits per heavy atom. The van der Waals surface area contributed by atoms with Crippen molar-refractivity contribution in [1.82, 2.24) is 20.1 Å². The molecular formula is C22H20ClN5O. The van der Waals surface area contributed by atoms with Gasteiger partial charge in [0, 0.05) is 11.1 Å². The Balaban J connectivity index is 1.46. The van der Waals surface area contributed by atoms with Crippen molar-refractivity contribution in [3.05, 3.63) is 83.9 Å². The summed E-state index contributed by atoms with van der Waals surface area (Å²) in [6, 6.07) is 19.7. The lowest BCUT2D eigenvalue weighted by Gasteiger charge is -2.17. The number of carbonyl (C=O) groups is 1.